The Labute approximate surface area is 102 Å². The molecule has 0 aromatic rings. The number of hydrogen-bond acceptors (Lipinski definition) is 3. The lowest BCUT2D eigenvalue weighted by Gasteiger charge is -2.37. The number of rotatable bonds is 6. The highest BCUT2D eigenvalue weighted by atomic mass is 16.5. The normalized spacial score (nSPS) is 25.0. The molecule has 1 aliphatic rings. The van der Waals surface area contributed by atoms with Crippen LogP contribution in [0.1, 0.15) is 33.6 Å². The first-order valence-corrected chi connectivity index (χ1v) is 6.30. The molecule has 0 spiro atoms. The highest BCUT2D eigenvalue weighted by Crippen LogP contribution is 2.11. The molecule has 5 heteroatoms. The van der Waals surface area contributed by atoms with Gasteiger partial charge in [-0.2, -0.15) is 0 Å². The maximum atomic E-state index is 12.0. The Bertz CT molecular complexity index is 281. The second-order valence-corrected chi connectivity index (χ2v) is 4.29. The largest absolute Gasteiger partial charge is 0.380 e. The average molecular weight is 242 g/mol. The quantitative estimate of drug-likeness (QED) is 0.692. The summed E-state index contributed by atoms with van der Waals surface area (Å²) >= 11 is 0. The third kappa shape index (κ3) is 3.43. The van der Waals surface area contributed by atoms with E-state index >= 15 is 0 Å². The predicted octanol–water partition coefficient (Wildman–Crippen LogP) is 0.539. The Kier molecular flexibility index (Phi) is 5.41. The predicted molar refractivity (Wildman–Crippen MR) is 64.5 cm³/mol. The summed E-state index contributed by atoms with van der Waals surface area (Å²) in [6, 6.07) is -0.764. The Balaban J connectivity index is 2.53. The van der Waals surface area contributed by atoms with E-state index in [1.165, 1.54) is 0 Å². The summed E-state index contributed by atoms with van der Waals surface area (Å²) in [5.74, 6) is -0.0772. The number of carbonyl (C=O) groups is 2. The molecule has 1 heterocycles. The van der Waals surface area contributed by atoms with Gasteiger partial charge in [-0.05, 0) is 19.8 Å². The molecule has 0 aromatic carbocycles. The standard InChI is InChI=1S/C12H22N2O3/c1-4-7-17-8-6-14-9(3)11(15)13-10(5-2)12(14)16/h9-10H,4-8H2,1-3H3,(H,13,15). The van der Waals surface area contributed by atoms with Crippen LogP contribution in [0.2, 0.25) is 0 Å². The highest BCUT2D eigenvalue weighted by molar-refractivity contribution is 5.96. The summed E-state index contributed by atoms with van der Waals surface area (Å²) in [6.45, 7) is 7.36. The van der Waals surface area contributed by atoms with Crippen LogP contribution in [0.25, 0.3) is 0 Å². The number of amides is 2. The van der Waals surface area contributed by atoms with Gasteiger partial charge in [-0.25, -0.2) is 0 Å². The third-order valence-corrected chi connectivity index (χ3v) is 2.98. The van der Waals surface area contributed by atoms with Gasteiger partial charge in [0.15, 0.2) is 0 Å². The van der Waals surface area contributed by atoms with E-state index in [1.807, 2.05) is 13.8 Å². The molecule has 2 atom stereocenters. The Morgan fingerprint density at radius 1 is 1.29 bits per heavy atom. The summed E-state index contributed by atoms with van der Waals surface area (Å²) in [7, 11) is 0. The van der Waals surface area contributed by atoms with Gasteiger partial charge in [0.05, 0.1) is 6.61 Å². The van der Waals surface area contributed by atoms with Crippen LogP contribution in [0.15, 0.2) is 0 Å². The fourth-order valence-electron chi connectivity index (χ4n) is 1.88. The molecule has 1 N–H and O–H groups in total. The molecule has 0 saturated carbocycles. The SMILES string of the molecule is CCCOCCN1C(=O)C(CC)NC(=O)C1C. The van der Waals surface area contributed by atoms with E-state index in [1.54, 1.807) is 11.8 Å². The Hall–Kier alpha value is -1.10. The van der Waals surface area contributed by atoms with Crippen molar-refractivity contribution in [1.82, 2.24) is 10.2 Å². The number of hydrogen-bond donors (Lipinski definition) is 1. The van der Waals surface area contributed by atoms with Crippen LogP contribution in [0.4, 0.5) is 0 Å². The third-order valence-electron chi connectivity index (χ3n) is 2.98. The zero-order valence-corrected chi connectivity index (χ0v) is 10.9. The molecule has 2 amide bonds. The minimum atomic E-state index is -0.393. The van der Waals surface area contributed by atoms with Crippen molar-refractivity contribution >= 4 is 11.8 Å². The lowest BCUT2D eigenvalue weighted by Crippen LogP contribution is -2.62. The van der Waals surface area contributed by atoms with E-state index in [-0.39, 0.29) is 17.9 Å². The Morgan fingerprint density at radius 3 is 2.59 bits per heavy atom. The van der Waals surface area contributed by atoms with E-state index in [9.17, 15) is 9.59 Å². The van der Waals surface area contributed by atoms with E-state index in [2.05, 4.69) is 5.32 Å². The number of ether oxygens (including phenoxy) is 1. The van der Waals surface area contributed by atoms with Gasteiger partial charge in [-0.1, -0.05) is 13.8 Å². The summed E-state index contributed by atoms with van der Waals surface area (Å²) in [6.07, 6.45) is 1.59. The maximum absolute atomic E-state index is 12.0. The van der Waals surface area contributed by atoms with Crippen molar-refractivity contribution in [1.29, 1.82) is 0 Å². The van der Waals surface area contributed by atoms with Crippen LogP contribution in [-0.4, -0.2) is 48.6 Å². The lowest BCUT2D eigenvalue weighted by molar-refractivity contribution is -0.149. The molecule has 98 valence electrons. The van der Waals surface area contributed by atoms with Crippen molar-refractivity contribution in [3.8, 4) is 0 Å². The molecule has 0 aromatic heterocycles. The van der Waals surface area contributed by atoms with E-state index in [0.29, 0.717) is 26.2 Å². The van der Waals surface area contributed by atoms with E-state index < -0.39 is 6.04 Å². The maximum Gasteiger partial charge on any atom is 0.245 e. The topological polar surface area (TPSA) is 58.6 Å². The number of nitrogens with one attached hydrogen (secondary N) is 1. The molecule has 1 aliphatic heterocycles. The summed E-state index contributed by atoms with van der Waals surface area (Å²) in [4.78, 5) is 25.3. The van der Waals surface area contributed by atoms with Crippen LogP contribution >= 0.6 is 0 Å². The van der Waals surface area contributed by atoms with Crippen molar-refractivity contribution < 1.29 is 14.3 Å². The molecule has 1 fully saturated rings. The van der Waals surface area contributed by atoms with Gasteiger partial charge in [0, 0.05) is 13.2 Å². The van der Waals surface area contributed by atoms with Crippen LogP contribution in [0.3, 0.4) is 0 Å². The fraction of sp³-hybridized carbons (Fsp3) is 0.833. The van der Waals surface area contributed by atoms with Crippen molar-refractivity contribution in [2.45, 2.75) is 45.7 Å². The number of piperazine rings is 1. The minimum absolute atomic E-state index is 0.000279. The zero-order valence-electron chi connectivity index (χ0n) is 10.9. The van der Waals surface area contributed by atoms with E-state index in [4.69, 9.17) is 4.74 Å². The summed E-state index contributed by atoms with van der Waals surface area (Å²) < 4.78 is 5.36. The van der Waals surface area contributed by atoms with Gasteiger partial charge < -0.3 is 15.0 Å². The summed E-state index contributed by atoms with van der Waals surface area (Å²) in [5, 5.41) is 2.73. The van der Waals surface area contributed by atoms with Gasteiger partial charge in [0.1, 0.15) is 12.1 Å². The number of carbonyl (C=O) groups excluding carboxylic acids is 2. The smallest absolute Gasteiger partial charge is 0.245 e. The second kappa shape index (κ2) is 6.59. The van der Waals surface area contributed by atoms with Crippen LogP contribution in [0.5, 0.6) is 0 Å². The molecule has 17 heavy (non-hydrogen) atoms. The first-order valence-electron chi connectivity index (χ1n) is 6.30. The van der Waals surface area contributed by atoms with Crippen LogP contribution in [-0.2, 0) is 14.3 Å². The Morgan fingerprint density at radius 2 is 2.00 bits per heavy atom. The van der Waals surface area contributed by atoms with Crippen molar-refractivity contribution in [3.05, 3.63) is 0 Å². The van der Waals surface area contributed by atoms with E-state index in [0.717, 1.165) is 6.42 Å². The van der Waals surface area contributed by atoms with Gasteiger partial charge in [-0.15, -0.1) is 0 Å². The molecule has 0 bridgehead atoms. The lowest BCUT2D eigenvalue weighted by atomic mass is 10.1. The van der Waals surface area contributed by atoms with Crippen molar-refractivity contribution in [2.24, 2.45) is 0 Å². The van der Waals surface area contributed by atoms with Crippen LogP contribution < -0.4 is 5.32 Å². The van der Waals surface area contributed by atoms with Gasteiger partial charge in [0.25, 0.3) is 0 Å². The molecule has 1 saturated heterocycles. The second-order valence-electron chi connectivity index (χ2n) is 4.29. The number of nitrogens with zero attached hydrogens (tertiary/aromatic N) is 1. The van der Waals surface area contributed by atoms with Gasteiger partial charge in [-0.3, -0.25) is 9.59 Å². The minimum Gasteiger partial charge on any atom is -0.380 e. The zero-order chi connectivity index (χ0) is 12.8. The van der Waals surface area contributed by atoms with Crippen molar-refractivity contribution in [2.75, 3.05) is 19.8 Å². The van der Waals surface area contributed by atoms with Crippen molar-refractivity contribution in [3.63, 3.8) is 0 Å². The molecule has 0 radical (unpaired) electrons. The van der Waals surface area contributed by atoms with Crippen LogP contribution in [0, 0.1) is 0 Å². The molecular weight excluding hydrogens is 220 g/mol. The van der Waals surface area contributed by atoms with Gasteiger partial charge in [0.2, 0.25) is 11.8 Å². The fourth-order valence-corrected chi connectivity index (χ4v) is 1.88. The summed E-state index contributed by atoms with van der Waals surface area (Å²) in [5.41, 5.74) is 0. The molecule has 0 aliphatic carbocycles. The first kappa shape index (κ1) is 14.0. The monoisotopic (exact) mass is 242 g/mol. The molecule has 2 unspecified atom stereocenters. The molecule has 5 nitrogen and oxygen atoms in total. The van der Waals surface area contributed by atoms with Gasteiger partial charge >= 0.3 is 0 Å². The first-order chi connectivity index (χ1) is 8.11. The average Bonchev–Trinajstić information content (AvgIpc) is 2.33. The molecule has 1 rings (SSSR count). The highest BCUT2D eigenvalue weighted by Gasteiger charge is 2.36. The molecular formula is C12H22N2O3.